The van der Waals surface area contributed by atoms with Crippen molar-refractivity contribution in [3.63, 3.8) is 0 Å². The Hall–Kier alpha value is -0.900. The van der Waals surface area contributed by atoms with Crippen molar-refractivity contribution in [3.05, 3.63) is 0 Å². The van der Waals surface area contributed by atoms with Gasteiger partial charge in [-0.1, -0.05) is 0 Å². The molecule has 0 saturated carbocycles. The number of amides is 1. The van der Waals surface area contributed by atoms with Crippen molar-refractivity contribution in [3.8, 4) is 0 Å². The van der Waals surface area contributed by atoms with Gasteiger partial charge in [-0.3, -0.25) is 0 Å². The second-order valence-electron chi connectivity index (χ2n) is 3.95. The van der Waals surface area contributed by atoms with Crippen LogP contribution in [-0.4, -0.2) is 57.3 Å². The van der Waals surface area contributed by atoms with Crippen LogP contribution in [0.1, 0.15) is 13.8 Å². The van der Waals surface area contributed by atoms with Crippen molar-refractivity contribution in [2.24, 2.45) is 5.73 Å². The zero-order valence-electron chi connectivity index (χ0n) is 10.5. The van der Waals surface area contributed by atoms with Crippen LogP contribution in [0, 0.1) is 0 Å². The van der Waals surface area contributed by atoms with Crippen LogP contribution in [0.4, 0.5) is 4.79 Å². The number of hydrogen-bond donors (Lipinski definition) is 2. The molecule has 1 saturated heterocycles. The summed E-state index contributed by atoms with van der Waals surface area (Å²) < 4.78 is 36.7. The highest BCUT2D eigenvalue weighted by Crippen LogP contribution is 2.13. The van der Waals surface area contributed by atoms with Gasteiger partial charge in [0.25, 0.3) is 0 Å². The first-order chi connectivity index (χ1) is 8.39. The molecule has 0 aromatic carbocycles. The van der Waals surface area contributed by atoms with E-state index < -0.39 is 16.3 Å². The van der Waals surface area contributed by atoms with Crippen LogP contribution in [0.2, 0.25) is 0 Å². The number of nitrogens with two attached hydrogens (primary N) is 1. The lowest BCUT2D eigenvalue weighted by molar-refractivity contribution is -0.0489. The SMILES string of the molecule is CCOC(=O)NS(=O)(=O)N1CC(C)OC(CN)C1. The molecule has 0 radical (unpaired) electrons. The van der Waals surface area contributed by atoms with E-state index in [2.05, 4.69) is 4.74 Å². The topological polar surface area (TPSA) is 111 Å². The highest BCUT2D eigenvalue weighted by Gasteiger charge is 2.33. The summed E-state index contributed by atoms with van der Waals surface area (Å²) in [6.07, 6.45) is -1.63. The van der Waals surface area contributed by atoms with Crippen molar-refractivity contribution >= 4 is 16.3 Å². The van der Waals surface area contributed by atoms with Gasteiger partial charge in [0.05, 0.1) is 18.8 Å². The summed E-state index contributed by atoms with van der Waals surface area (Å²) in [6, 6.07) is 0. The fraction of sp³-hybridized carbons (Fsp3) is 0.889. The van der Waals surface area contributed by atoms with Gasteiger partial charge in [0.15, 0.2) is 0 Å². The van der Waals surface area contributed by atoms with Gasteiger partial charge >= 0.3 is 16.3 Å². The molecule has 0 spiro atoms. The Morgan fingerprint density at radius 3 is 2.78 bits per heavy atom. The molecule has 0 aromatic heterocycles. The van der Waals surface area contributed by atoms with Crippen LogP contribution in [0.5, 0.6) is 0 Å². The highest BCUT2D eigenvalue weighted by molar-refractivity contribution is 7.87. The molecule has 106 valence electrons. The molecule has 1 fully saturated rings. The molecule has 1 rings (SSSR count). The van der Waals surface area contributed by atoms with Crippen molar-refractivity contribution in [2.45, 2.75) is 26.1 Å². The third-order valence-corrected chi connectivity index (χ3v) is 3.79. The smallest absolute Gasteiger partial charge is 0.421 e. The predicted molar refractivity (Wildman–Crippen MR) is 64.0 cm³/mol. The van der Waals surface area contributed by atoms with E-state index in [1.165, 1.54) is 0 Å². The maximum absolute atomic E-state index is 11.9. The number of carbonyl (C=O) groups is 1. The molecule has 0 aromatic rings. The van der Waals surface area contributed by atoms with E-state index in [1.54, 1.807) is 13.8 Å². The summed E-state index contributed by atoms with van der Waals surface area (Å²) >= 11 is 0. The van der Waals surface area contributed by atoms with Crippen molar-refractivity contribution < 1.29 is 22.7 Å². The van der Waals surface area contributed by atoms with Gasteiger partial charge < -0.3 is 15.2 Å². The Morgan fingerprint density at radius 1 is 1.56 bits per heavy atom. The lowest BCUT2D eigenvalue weighted by Gasteiger charge is -2.35. The lowest BCUT2D eigenvalue weighted by Crippen LogP contribution is -2.55. The first-order valence-electron chi connectivity index (χ1n) is 5.69. The Bertz CT molecular complexity index is 386. The predicted octanol–water partition coefficient (Wildman–Crippen LogP) is -0.975. The Balaban J connectivity index is 2.69. The van der Waals surface area contributed by atoms with Crippen LogP contribution in [0.25, 0.3) is 0 Å². The van der Waals surface area contributed by atoms with E-state index in [4.69, 9.17) is 10.5 Å². The normalized spacial score (nSPS) is 25.7. The van der Waals surface area contributed by atoms with Crippen LogP contribution in [0.3, 0.4) is 0 Å². The number of rotatable bonds is 4. The molecule has 3 N–H and O–H groups in total. The molecule has 18 heavy (non-hydrogen) atoms. The Kier molecular flexibility index (Phi) is 5.32. The molecule has 9 heteroatoms. The summed E-state index contributed by atoms with van der Waals surface area (Å²) in [5, 5.41) is 0. The van der Waals surface area contributed by atoms with Crippen molar-refractivity contribution in [1.82, 2.24) is 9.03 Å². The van der Waals surface area contributed by atoms with Gasteiger partial charge in [0, 0.05) is 19.6 Å². The molecule has 0 aliphatic carbocycles. The number of hydrogen-bond acceptors (Lipinski definition) is 6. The van der Waals surface area contributed by atoms with E-state index in [0.29, 0.717) is 0 Å². The number of ether oxygens (including phenoxy) is 2. The standard InChI is InChI=1S/C9H19N3O5S/c1-3-16-9(13)11-18(14,15)12-5-7(2)17-8(4-10)6-12/h7-8H,3-6,10H2,1-2H3,(H,11,13). The van der Waals surface area contributed by atoms with Gasteiger partial charge in [0.1, 0.15) is 0 Å². The third-order valence-electron chi connectivity index (χ3n) is 2.38. The number of morpholine rings is 1. The fourth-order valence-electron chi connectivity index (χ4n) is 1.66. The number of nitrogens with one attached hydrogen (secondary N) is 1. The summed E-state index contributed by atoms with van der Waals surface area (Å²) in [5.41, 5.74) is 5.46. The van der Waals surface area contributed by atoms with Gasteiger partial charge in [-0.15, -0.1) is 0 Å². The number of carbonyl (C=O) groups excluding carboxylic acids is 1. The van der Waals surface area contributed by atoms with Gasteiger partial charge in [-0.2, -0.15) is 12.7 Å². The first-order valence-corrected chi connectivity index (χ1v) is 7.13. The Labute approximate surface area is 107 Å². The summed E-state index contributed by atoms with van der Waals surface area (Å²) in [7, 11) is -3.91. The minimum atomic E-state index is -3.91. The zero-order chi connectivity index (χ0) is 13.8. The monoisotopic (exact) mass is 281 g/mol. The molecule has 0 bridgehead atoms. The largest absolute Gasteiger partial charge is 0.449 e. The molecule has 1 amide bonds. The average molecular weight is 281 g/mol. The minimum absolute atomic E-state index is 0.103. The van der Waals surface area contributed by atoms with E-state index in [-0.39, 0.29) is 38.4 Å². The summed E-state index contributed by atoms with van der Waals surface area (Å²) in [6.45, 7) is 3.95. The zero-order valence-corrected chi connectivity index (χ0v) is 11.3. The summed E-state index contributed by atoms with van der Waals surface area (Å²) in [5.74, 6) is 0. The Morgan fingerprint density at radius 2 is 2.22 bits per heavy atom. The first kappa shape index (κ1) is 15.2. The maximum Gasteiger partial charge on any atom is 0.421 e. The maximum atomic E-state index is 11.9. The molecule has 2 atom stereocenters. The quantitative estimate of drug-likeness (QED) is 0.685. The fourth-order valence-corrected chi connectivity index (χ4v) is 2.83. The van der Waals surface area contributed by atoms with Crippen LogP contribution < -0.4 is 10.5 Å². The van der Waals surface area contributed by atoms with Crippen LogP contribution in [-0.2, 0) is 19.7 Å². The minimum Gasteiger partial charge on any atom is -0.449 e. The molecular weight excluding hydrogens is 262 g/mol. The van der Waals surface area contributed by atoms with Crippen LogP contribution in [0.15, 0.2) is 0 Å². The van der Waals surface area contributed by atoms with E-state index in [1.807, 2.05) is 4.72 Å². The molecule has 8 nitrogen and oxygen atoms in total. The molecular formula is C9H19N3O5S. The molecule has 2 unspecified atom stereocenters. The second kappa shape index (κ2) is 6.32. The van der Waals surface area contributed by atoms with E-state index in [9.17, 15) is 13.2 Å². The third kappa shape index (κ3) is 4.09. The van der Waals surface area contributed by atoms with Crippen molar-refractivity contribution in [1.29, 1.82) is 0 Å². The van der Waals surface area contributed by atoms with Gasteiger partial charge in [0.2, 0.25) is 0 Å². The second-order valence-corrected chi connectivity index (χ2v) is 5.62. The van der Waals surface area contributed by atoms with Gasteiger partial charge in [-0.25, -0.2) is 9.52 Å². The summed E-state index contributed by atoms with van der Waals surface area (Å²) in [4.78, 5) is 11.1. The average Bonchev–Trinajstić information content (AvgIpc) is 2.27. The molecule has 1 heterocycles. The molecule has 1 aliphatic heterocycles. The lowest BCUT2D eigenvalue weighted by atomic mass is 10.2. The van der Waals surface area contributed by atoms with Crippen molar-refractivity contribution in [2.75, 3.05) is 26.2 Å². The molecule has 1 aliphatic rings. The van der Waals surface area contributed by atoms with E-state index in [0.717, 1.165) is 4.31 Å². The van der Waals surface area contributed by atoms with E-state index >= 15 is 0 Å². The van der Waals surface area contributed by atoms with Crippen LogP contribution >= 0.6 is 0 Å². The highest BCUT2D eigenvalue weighted by atomic mass is 32.2. The van der Waals surface area contributed by atoms with Gasteiger partial charge in [-0.05, 0) is 13.8 Å². The number of nitrogens with zero attached hydrogens (tertiary/aromatic N) is 1.